The molecule has 0 radical (unpaired) electrons. The topological polar surface area (TPSA) is 18.5 Å². The summed E-state index contributed by atoms with van der Waals surface area (Å²) in [5.41, 5.74) is 2.13. The number of nitrogens with one attached hydrogen (secondary N) is 1. The number of nitrogens with zero attached hydrogens (tertiary/aromatic N) is 2. The van der Waals surface area contributed by atoms with Crippen molar-refractivity contribution >= 4 is 34.6 Å². The first-order valence-corrected chi connectivity index (χ1v) is 9.47. The number of piperidine rings is 1. The number of likely N-dealkylation sites (tertiary alicyclic amines) is 1. The molecular formula is C20H24ClN3S. The first-order chi connectivity index (χ1) is 12.1. The molecule has 0 aromatic heterocycles. The van der Waals surface area contributed by atoms with E-state index < -0.39 is 0 Å². The summed E-state index contributed by atoms with van der Waals surface area (Å²) in [6, 6.07) is 18.5. The Morgan fingerprint density at radius 2 is 1.76 bits per heavy atom. The molecule has 0 unspecified atom stereocenters. The van der Waals surface area contributed by atoms with Crippen molar-refractivity contribution in [3.63, 3.8) is 0 Å². The summed E-state index contributed by atoms with van der Waals surface area (Å²) in [7, 11) is 2.18. The van der Waals surface area contributed by atoms with Crippen LogP contribution in [0.5, 0.6) is 0 Å². The van der Waals surface area contributed by atoms with Gasteiger partial charge in [-0.1, -0.05) is 48.0 Å². The minimum Gasteiger partial charge on any atom is -0.342 e. The van der Waals surface area contributed by atoms with Gasteiger partial charge in [0, 0.05) is 23.3 Å². The molecule has 1 saturated heterocycles. The van der Waals surface area contributed by atoms with Crippen molar-refractivity contribution in [1.82, 2.24) is 9.80 Å². The van der Waals surface area contributed by atoms with Crippen molar-refractivity contribution < 1.29 is 0 Å². The molecule has 3 nitrogen and oxygen atoms in total. The number of para-hydroxylation sites is 1. The van der Waals surface area contributed by atoms with Crippen LogP contribution < -0.4 is 5.32 Å². The Bertz CT molecular complexity index is 699. The van der Waals surface area contributed by atoms with E-state index >= 15 is 0 Å². The highest BCUT2D eigenvalue weighted by atomic mass is 35.5. The molecule has 0 saturated carbocycles. The molecular weight excluding hydrogens is 350 g/mol. The summed E-state index contributed by atoms with van der Waals surface area (Å²) in [5.74, 6) is 0. The Hall–Kier alpha value is -1.62. The van der Waals surface area contributed by atoms with Crippen molar-refractivity contribution in [3.05, 3.63) is 65.2 Å². The molecule has 0 aliphatic carbocycles. The number of hydrogen-bond donors (Lipinski definition) is 1. The summed E-state index contributed by atoms with van der Waals surface area (Å²) in [4.78, 5) is 4.67. The molecule has 25 heavy (non-hydrogen) atoms. The minimum absolute atomic E-state index is 0.427. The lowest BCUT2D eigenvalue weighted by Gasteiger charge is -2.39. The Balaban J connectivity index is 1.78. The largest absolute Gasteiger partial charge is 0.342 e. The van der Waals surface area contributed by atoms with Crippen LogP contribution in [0.1, 0.15) is 18.4 Å². The number of halogens is 1. The third-order valence-electron chi connectivity index (χ3n) is 4.71. The smallest absolute Gasteiger partial charge is 0.173 e. The Morgan fingerprint density at radius 3 is 2.44 bits per heavy atom. The highest BCUT2D eigenvalue weighted by Crippen LogP contribution is 2.23. The number of rotatable bonds is 4. The van der Waals surface area contributed by atoms with Gasteiger partial charge in [0.1, 0.15) is 0 Å². The molecule has 132 valence electrons. The summed E-state index contributed by atoms with van der Waals surface area (Å²) in [6.07, 6.45) is 2.22. The van der Waals surface area contributed by atoms with Crippen LogP contribution in [0.3, 0.4) is 0 Å². The number of hydrogen-bond acceptors (Lipinski definition) is 2. The molecule has 2 aromatic carbocycles. The van der Waals surface area contributed by atoms with Crippen molar-refractivity contribution in [2.24, 2.45) is 0 Å². The Morgan fingerprint density at radius 1 is 1.12 bits per heavy atom. The third kappa shape index (κ3) is 4.94. The minimum atomic E-state index is 0.427. The molecule has 1 N–H and O–H groups in total. The summed E-state index contributed by atoms with van der Waals surface area (Å²) in [6.45, 7) is 2.92. The molecule has 0 bridgehead atoms. The van der Waals surface area contributed by atoms with Gasteiger partial charge in [-0.3, -0.25) is 0 Å². The number of benzene rings is 2. The lowest BCUT2D eigenvalue weighted by Crippen LogP contribution is -2.47. The highest BCUT2D eigenvalue weighted by Gasteiger charge is 2.25. The fraction of sp³-hybridized carbons (Fsp3) is 0.350. The average molecular weight is 374 g/mol. The molecule has 0 amide bonds. The van der Waals surface area contributed by atoms with Gasteiger partial charge in [-0.05, 0) is 69.0 Å². The van der Waals surface area contributed by atoms with E-state index in [2.05, 4.69) is 28.2 Å². The average Bonchev–Trinajstić information content (AvgIpc) is 2.63. The molecule has 3 rings (SSSR count). The van der Waals surface area contributed by atoms with Crippen LogP contribution in [-0.2, 0) is 6.54 Å². The van der Waals surface area contributed by atoms with Gasteiger partial charge in [0.15, 0.2) is 5.11 Å². The SMILES string of the molecule is CN1CCC(N(Cc2ccccc2Cl)C(=S)Nc2ccccc2)CC1. The van der Waals surface area contributed by atoms with Crippen molar-refractivity contribution in [1.29, 1.82) is 0 Å². The second-order valence-corrected chi connectivity index (χ2v) is 7.34. The fourth-order valence-electron chi connectivity index (χ4n) is 3.20. The van der Waals surface area contributed by atoms with E-state index in [0.29, 0.717) is 6.04 Å². The number of anilines is 1. The van der Waals surface area contributed by atoms with Crippen LogP contribution in [-0.4, -0.2) is 41.1 Å². The van der Waals surface area contributed by atoms with E-state index in [1.165, 1.54) is 0 Å². The first kappa shape index (κ1) is 18.2. The molecule has 1 heterocycles. The Labute approximate surface area is 160 Å². The molecule has 1 aliphatic heterocycles. The van der Waals surface area contributed by atoms with Crippen LogP contribution in [0.4, 0.5) is 5.69 Å². The Kier molecular flexibility index (Phi) is 6.29. The zero-order valence-electron chi connectivity index (χ0n) is 14.5. The first-order valence-electron chi connectivity index (χ1n) is 8.68. The maximum atomic E-state index is 6.40. The molecule has 0 spiro atoms. The number of thiocarbonyl (C=S) groups is 1. The lowest BCUT2D eigenvalue weighted by atomic mass is 10.0. The van der Waals surface area contributed by atoms with Crippen LogP contribution in [0.15, 0.2) is 54.6 Å². The molecule has 2 aromatic rings. The third-order valence-corrected chi connectivity index (χ3v) is 5.42. The van der Waals surface area contributed by atoms with Crippen LogP contribution >= 0.6 is 23.8 Å². The summed E-state index contributed by atoms with van der Waals surface area (Å²) in [5, 5.41) is 4.95. The van der Waals surface area contributed by atoms with Crippen LogP contribution in [0.25, 0.3) is 0 Å². The lowest BCUT2D eigenvalue weighted by molar-refractivity contribution is 0.173. The van der Waals surface area contributed by atoms with Gasteiger partial charge in [-0.15, -0.1) is 0 Å². The predicted octanol–water partition coefficient (Wildman–Crippen LogP) is 4.63. The summed E-state index contributed by atoms with van der Waals surface area (Å²) < 4.78 is 0. The van der Waals surface area contributed by atoms with Crippen molar-refractivity contribution in [2.45, 2.75) is 25.4 Å². The fourth-order valence-corrected chi connectivity index (χ4v) is 3.73. The second-order valence-electron chi connectivity index (χ2n) is 6.55. The van der Waals surface area contributed by atoms with Crippen LogP contribution in [0, 0.1) is 0 Å². The highest BCUT2D eigenvalue weighted by molar-refractivity contribution is 7.80. The quantitative estimate of drug-likeness (QED) is 0.787. The van der Waals surface area contributed by atoms with Gasteiger partial charge in [-0.2, -0.15) is 0 Å². The van der Waals surface area contributed by atoms with Gasteiger partial charge in [0.25, 0.3) is 0 Å². The van der Waals surface area contributed by atoms with Gasteiger partial charge >= 0.3 is 0 Å². The van der Waals surface area contributed by atoms with Crippen LogP contribution in [0.2, 0.25) is 5.02 Å². The molecule has 0 atom stereocenters. The maximum absolute atomic E-state index is 6.40. The van der Waals surface area contributed by atoms with Crippen molar-refractivity contribution in [3.8, 4) is 0 Å². The molecule has 5 heteroatoms. The van der Waals surface area contributed by atoms with E-state index in [0.717, 1.165) is 53.9 Å². The van der Waals surface area contributed by atoms with E-state index in [1.807, 2.05) is 48.5 Å². The normalized spacial score (nSPS) is 15.8. The maximum Gasteiger partial charge on any atom is 0.173 e. The predicted molar refractivity (Wildman–Crippen MR) is 110 cm³/mol. The zero-order valence-corrected chi connectivity index (χ0v) is 16.1. The van der Waals surface area contributed by atoms with Gasteiger partial charge in [0.05, 0.1) is 0 Å². The summed E-state index contributed by atoms with van der Waals surface area (Å²) >= 11 is 12.2. The second kappa shape index (κ2) is 8.65. The van der Waals surface area contributed by atoms with Gasteiger partial charge in [-0.25, -0.2) is 0 Å². The van der Waals surface area contributed by atoms with Crippen molar-refractivity contribution in [2.75, 3.05) is 25.5 Å². The molecule has 1 fully saturated rings. The van der Waals surface area contributed by atoms with Gasteiger partial charge < -0.3 is 15.1 Å². The zero-order chi connectivity index (χ0) is 17.6. The monoisotopic (exact) mass is 373 g/mol. The standard InChI is InChI=1S/C20H24ClN3S/c1-23-13-11-18(12-14-23)24(15-16-7-5-6-10-19(16)21)20(25)22-17-8-3-2-4-9-17/h2-10,18H,11-15H2,1H3,(H,22,25). The van der Waals surface area contributed by atoms with E-state index in [4.69, 9.17) is 23.8 Å². The van der Waals surface area contributed by atoms with E-state index in [9.17, 15) is 0 Å². The van der Waals surface area contributed by atoms with E-state index in [-0.39, 0.29) is 0 Å². The van der Waals surface area contributed by atoms with E-state index in [1.54, 1.807) is 0 Å². The molecule has 1 aliphatic rings. The van der Waals surface area contributed by atoms with Gasteiger partial charge in [0.2, 0.25) is 0 Å².